The van der Waals surface area contributed by atoms with Crippen LogP contribution >= 0.6 is 0 Å². The molecule has 0 fully saturated rings. The summed E-state index contributed by atoms with van der Waals surface area (Å²) >= 11 is 0. The molecule has 5 rings (SSSR count). The van der Waals surface area contributed by atoms with Gasteiger partial charge in [0.15, 0.2) is 0 Å². The Hall–Kier alpha value is -5.06. The third-order valence-electron chi connectivity index (χ3n) is 6.33. The molecule has 0 atom stereocenters. The molecule has 204 valence electrons. The summed E-state index contributed by atoms with van der Waals surface area (Å²) in [7, 11) is 0. The number of hydrogen-bond donors (Lipinski definition) is 5. The number of anilines is 5. The molecule has 0 bridgehead atoms. The average Bonchev–Trinajstić information content (AvgIpc) is 3.51. The second kappa shape index (κ2) is 10.3. The van der Waals surface area contributed by atoms with E-state index in [1.54, 1.807) is 36.5 Å². The summed E-state index contributed by atoms with van der Waals surface area (Å²) < 4.78 is 53.8. The first-order valence-corrected chi connectivity index (χ1v) is 12.1. The van der Waals surface area contributed by atoms with Gasteiger partial charge in [-0.1, -0.05) is 12.1 Å². The number of aromatic amines is 1. The Morgan fingerprint density at radius 1 is 0.900 bits per heavy atom. The molecule has 2 heterocycles. The fourth-order valence-corrected chi connectivity index (χ4v) is 4.30. The number of carbonyl (C=O) groups excluding carboxylic acids is 2. The molecule has 0 aliphatic carbocycles. The first kappa shape index (κ1) is 26.5. The van der Waals surface area contributed by atoms with Crippen molar-refractivity contribution < 1.29 is 27.2 Å². The minimum atomic E-state index is -4.69. The molecule has 40 heavy (non-hydrogen) atoms. The number of rotatable bonds is 5. The quantitative estimate of drug-likeness (QED) is 0.131. The molecule has 3 aromatic carbocycles. The lowest BCUT2D eigenvalue weighted by atomic mass is 10.1. The number of aryl methyl sites for hydroxylation is 2. The van der Waals surface area contributed by atoms with Crippen molar-refractivity contribution in [2.75, 3.05) is 21.3 Å². The fraction of sp³-hybridized carbons (Fsp3) is 0.103. The number of halogens is 4. The lowest BCUT2D eigenvalue weighted by Crippen LogP contribution is -2.21. The zero-order valence-electron chi connectivity index (χ0n) is 21.3. The van der Waals surface area contributed by atoms with Crippen LogP contribution in [0, 0.1) is 19.7 Å². The summed E-state index contributed by atoms with van der Waals surface area (Å²) in [5, 5.41) is 10.8. The van der Waals surface area contributed by atoms with E-state index in [1.165, 1.54) is 6.92 Å². The van der Waals surface area contributed by atoms with Gasteiger partial charge in [-0.25, -0.2) is 9.18 Å². The molecular weight excluding hydrogens is 526 g/mol. The molecule has 0 saturated heterocycles. The minimum Gasteiger partial charge on any atom is -0.362 e. The zero-order chi connectivity index (χ0) is 28.6. The molecule has 1 aliphatic rings. The molecular formula is C29H23F4N5O2. The number of amides is 3. The Labute approximate surface area is 226 Å². The van der Waals surface area contributed by atoms with Crippen LogP contribution in [-0.2, 0) is 11.0 Å². The molecule has 7 nitrogen and oxygen atoms in total. The minimum absolute atomic E-state index is 0.220. The third-order valence-corrected chi connectivity index (χ3v) is 6.33. The second-order valence-corrected chi connectivity index (χ2v) is 9.28. The van der Waals surface area contributed by atoms with Gasteiger partial charge in [0, 0.05) is 34.5 Å². The predicted octanol–water partition coefficient (Wildman–Crippen LogP) is 7.67. The molecule has 3 amide bonds. The third kappa shape index (κ3) is 5.53. The lowest BCUT2D eigenvalue weighted by Gasteiger charge is -2.15. The van der Waals surface area contributed by atoms with E-state index in [9.17, 15) is 27.2 Å². The number of nitrogens with one attached hydrogen (secondary N) is 5. The van der Waals surface area contributed by atoms with Gasteiger partial charge in [0.25, 0.3) is 5.91 Å². The van der Waals surface area contributed by atoms with Gasteiger partial charge in [-0.05, 0) is 79.6 Å². The summed E-state index contributed by atoms with van der Waals surface area (Å²) in [4.78, 5) is 28.1. The number of benzene rings is 3. The number of hydrogen-bond acceptors (Lipinski definition) is 3. The number of fused-ring (bicyclic) bond motifs is 1. The van der Waals surface area contributed by atoms with Crippen LogP contribution in [0.5, 0.6) is 0 Å². The van der Waals surface area contributed by atoms with Gasteiger partial charge in [-0.2, -0.15) is 13.2 Å². The fourth-order valence-electron chi connectivity index (χ4n) is 4.30. The van der Waals surface area contributed by atoms with Crippen LogP contribution in [0.3, 0.4) is 0 Å². The number of carbonyl (C=O) groups is 2. The summed E-state index contributed by atoms with van der Waals surface area (Å²) in [6.07, 6.45) is -1.15. The molecule has 4 aromatic rings. The molecule has 0 saturated carbocycles. The average molecular weight is 550 g/mol. The highest BCUT2D eigenvalue weighted by molar-refractivity contribution is 6.35. The van der Waals surface area contributed by atoms with Gasteiger partial charge in [0.05, 0.1) is 22.5 Å². The van der Waals surface area contributed by atoms with Crippen molar-refractivity contribution in [1.29, 1.82) is 0 Å². The van der Waals surface area contributed by atoms with Crippen LogP contribution in [-0.4, -0.2) is 16.9 Å². The Kier molecular flexibility index (Phi) is 6.80. The van der Waals surface area contributed by atoms with Crippen LogP contribution < -0.4 is 21.3 Å². The highest BCUT2D eigenvalue weighted by Crippen LogP contribution is 2.36. The van der Waals surface area contributed by atoms with Crippen molar-refractivity contribution in [3.63, 3.8) is 0 Å². The van der Waals surface area contributed by atoms with Crippen molar-refractivity contribution in [2.45, 2.75) is 20.0 Å². The summed E-state index contributed by atoms with van der Waals surface area (Å²) in [6.45, 7) is 3.04. The maximum atomic E-state index is 14.4. The van der Waals surface area contributed by atoms with Gasteiger partial charge in [-0.3, -0.25) is 4.79 Å². The summed E-state index contributed by atoms with van der Waals surface area (Å²) in [5.41, 5.74) is 3.29. The molecule has 11 heteroatoms. The summed E-state index contributed by atoms with van der Waals surface area (Å²) in [6, 6.07) is 14.4. The topological polar surface area (TPSA) is 98.0 Å². The van der Waals surface area contributed by atoms with Gasteiger partial charge < -0.3 is 26.3 Å². The van der Waals surface area contributed by atoms with Crippen LogP contribution in [0.15, 0.2) is 66.9 Å². The van der Waals surface area contributed by atoms with E-state index in [2.05, 4.69) is 26.3 Å². The van der Waals surface area contributed by atoms with E-state index < -0.39 is 29.3 Å². The molecule has 0 unspecified atom stereocenters. The molecule has 0 radical (unpaired) electrons. The number of urea groups is 1. The normalized spacial score (nSPS) is 13.7. The standard InChI is InChI=1S/C29H23F4N5O2/c1-15-5-6-20(36-28(40)38-25-11-17(29(31,32)33)10-16(2)26(25)30)13-23(15)35-19-7-8-21-22(12-18-4-3-9-34-18)27(39)37-24(21)14-19/h3-14,34-35H,1-2H3,(H,37,39)(H2,36,38,40)/b22-12-. The van der Waals surface area contributed by atoms with Crippen molar-refractivity contribution in [2.24, 2.45) is 0 Å². The Balaban J connectivity index is 1.32. The highest BCUT2D eigenvalue weighted by atomic mass is 19.4. The van der Waals surface area contributed by atoms with Crippen LogP contribution in [0.1, 0.15) is 27.9 Å². The monoisotopic (exact) mass is 549 g/mol. The second-order valence-electron chi connectivity index (χ2n) is 9.28. The van der Waals surface area contributed by atoms with E-state index in [1.807, 2.05) is 31.2 Å². The van der Waals surface area contributed by atoms with E-state index in [0.29, 0.717) is 40.5 Å². The van der Waals surface area contributed by atoms with Crippen LogP contribution in [0.4, 0.5) is 50.8 Å². The number of alkyl halides is 3. The molecule has 1 aliphatic heterocycles. The number of H-pyrrole nitrogens is 1. The summed E-state index contributed by atoms with van der Waals surface area (Å²) in [5.74, 6) is -1.17. The zero-order valence-corrected chi connectivity index (χ0v) is 21.3. The van der Waals surface area contributed by atoms with E-state index in [0.717, 1.165) is 16.8 Å². The lowest BCUT2D eigenvalue weighted by molar-refractivity contribution is -0.137. The molecule has 5 N–H and O–H groups in total. The largest absolute Gasteiger partial charge is 0.416 e. The van der Waals surface area contributed by atoms with Crippen molar-refractivity contribution in [1.82, 2.24) is 4.98 Å². The Bertz CT molecular complexity index is 1660. The van der Waals surface area contributed by atoms with Gasteiger partial charge in [-0.15, -0.1) is 0 Å². The Morgan fingerprint density at radius 3 is 2.40 bits per heavy atom. The molecule has 1 aromatic heterocycles. The van der Waals surface area contributed by atoms with Crippen LogP contribution in [0.2, 0.25) is 0 Å². The van der Waals surface area contributed by atoms with Crippen LogP contribution in [0.25, 0.3) is 11.6 Å². The van der Waals surface area contributed by atoms with Gasteiger partial charge in [0.1, 0.15) is 5.82 Å². The van der Waals surface area contributed by atoms with Gasteiger partial charge in [0.2, 0.25) is 0 Å². The van der Waals surface area contributed by atoms with Crippen molar-refractivity contribution in [3.05, 3.63) is 101 Å². The van der Waals surface area contributed by atoms with Crippen molar-refractivity contribution in [3.8, 4) is 0 Å². The maximum Gasteiger partial charge on any atom is 0.416 e. The van der Waals surface area contributed by atoms with Crippen molar-refractivity contribution >= 4 is 52.0 Å². The molecule has 0 spiro atoms. The maximum absolute atomic E-state index is 14.4. The van der Waals surface area contributed by atoms with E-state index in [-0.39, 0.29) is 11.5 Å². The first-order chi connectivity index (χ1) is 19.0. The van der Waals surface area contributed by atoms with E-state index >= 15 is 0 Å². The number of aromatic nitrogens is 1. The van der Waals surface area contributed by atoms with E-state index in [4.69, 9.17) is 0 Å². The smallest absolute Gasteiger partial charge is 0.362 e. The highest BCUT2D eigenvalue weighted by Gasteiger charge is 2.32. The first-order valence-electron chi connectivity index (χ1n) is 12.1. The van der Waals surface area contributed by atoms with Gasteiger partial charge >= 0.3 is 12.2 Å². The Morgan fingerprint density at radius 2 is 1.68 bits per heavy atom. The predicted molar refractivity (Wildman–Crippen MR) is 147 cm³/mol. The SMILES string of the molecule is Cc1ccc(NC(=O)Nc2cc(C(F)(F)F)cc(C)c2F)cc1Nc1ccc2c(c1)NC(=O)/C2=C\c1ccc[nH]1.